The van der Waals surface area contributed by atoms with Gasteiger partial charge < -0.3 is 10.2 Å². The van der Waals surface area contributed by atoms with E-state index in [1.54, 1.807) is 0 Å². The normalized spacial score (nSPS) is 13.6. The van der Waals surface area contributed by atoms with Gasteiger partial charge in [-0.15, -0.1) is 0 Å². The molecule has 1 atom stereocenters. The summed E-state index contributed by atoms with van der Waals surface area (Å²) in [7, 11) is 0. The maximum absolute atomic E-state index is 3.77. The number of nitrogens with one attached hydrogen (secondary N) is 1. The molecule has 0 radical (unpaired) electrons. The van der Waals surface area contributed by atoms with E-state index < -0.39 is 0 Å². The third-order valence-electron chi connectivity index (χ3n) is 4.13. The van der Waals surface area contributed by atoms with Gasteiger partial charge in [-0.1, -0.05) is 65.0 Å². The van der Waals surface area contributed by atoms with Gasteiger partial charge in [-0.05, 0) is 43.5 Å². The molecule has 0 aliphatic heterocycles. The van der Waals surface area contributed by atoms with Gasteiger partial charge in [-0.25, -0.2) is 0 Å². The predicted octanol–water partition coefficient (Wildman–Crippen LogP) is 4.49. The first-order valence-corrected chi connectivity index (χ1v) is 8.55. The largest absolute Gasteiger partial charge is 0.309 e. The summed E-state index contributed by atoms with van der Waals surface area (Å²) in [6, 6.07) is 11.3. The molecule has 0 aliphatic rings. The smallest absolute Gasteiger partial charge is 0.0384 e. The summed E-state index contributed by atoms with van der Waals surface area (Å²) in [5, 5.41) is 3.77. The predicted molar refractivity (Wildman–Crippen MR) is 93.7 cm³/mol. The molecule has 0 spiro atoms. The van der Waals surface area contributed by atoms with Crippen molar-refractivity contribution in [3.8, 4) is 0 Å². The monoisotopic (exact) mass is 290 g/mol. The van der Waals surface area contributed by atoms with Gasteiger partial charge in [0.2, 0.25) is 0 Å². The molecule has 0 bridgehead atoms. The first-order chi connectivity index (χ1) is 10.0. The van der Waals surface area contributed by atoms with Crippen LogP contribution in [0, 0.1) is 5.41 Å². The summed E-state index contributed by atoms with van der Waals surface area (Å²) < 4.78 is 0. The Hall–Kier alpha value is -0.860. The number of nitrogens with zero attached hydrogens (tertiary/aromatic N) is 1. The summed E-state index contributed by atoms with van der Waals surface area (Å²) in [5.41, 5.74) is 1.62. The van der Waals surface area contributed by atoms with Gasteiger partial charge >= 0.3 is 0 Å². The average molecular weight is 290 g/mol. The summed E-state index contributed by atoms with van der Waals surface area (Å²) in [6.07, 6.45) is 2.40. The summed E-state index contributed by atoms with van der Waals surface area (Å²) in [6.45, 7) is 16.1. The molecule has 120 valence electrons. The highest BCUT2D eigenvalue weighted by Crippen LogP contribution is 2.34. The lowest BCUT2D eigenvalue weighted by Gasteiger charge is -2.39. The van der Waals surface area contributed by atoms with Crippen molar-refractivity contribution in [2.75, 3.05) is 26.2 Å². The van der Waals surface area contributed by atoms with Crippen molar-refractivity contribution < 1.29 is 0 Å². The Kier molecular flexibility index (Phi) is 7.98. The maximum Gasteiger partial charge on any atom is 0.0384 e. The Balaban J connectivity index is 2.89. The van der Waals surface area contributed by atoms with Crippen LogP contribution in [0.3, 0.4) is 0 Å². The van der Waals surface area contributed by atoms with Crippen LogP contribution in [0.25, 0.3) is 0 Å². The quantitative estimate of drug-likeness (QED) is 0.683. The van der Waals surface area contributed by atoms with Gasteiger partial charge in [0.25, 0.3) is 0 Å². The molecule has 2 heteroatoms. The first-order valence-electron chi connectivity index (χ1n) is 8.55. The van der Waals surface area contributed by atoms with Gasteiger partial charge in [0, 0.05) is 12.6 Å². The van der Waals surface area contributed by atoms with E-state index in [2.05, 4.69) is 75.2 Å². The van der Waals surface area contributed by atoms with Crippen LogP contribution in [-0.2, 0) is 0 Å². The Morgan fingerprint density at radius 2 is 1.71 bits per heavy atom. The van der Waals surface area contributed by atoms with Gasteiger partial charge in [-0.2, -0.15) is 0 Å². The number of benzene rings is 1. The molecule has 0 heterocycles. The van der Waals surface area contributed by atoms with E-state index in [-0.39, 0.29) is 5.41 Å². The topological polar surface area (TPSA) is 15.3 Å². The molecule has 21 heavy (non-hydrogen) atoms. The molecule has 0 aliphatic carbocycles. The lowest BCUT2D eigenvalue weighted by molar-refractivity contribution is 0.140. The van der Waals surface area contributed by atoms with Crippen molar-refractivity contribution in [2.24, 2.45) is 5.41 Å². The highest BCUT2D eigenvalue weighted by molar-refractivity contribution is 5.21. The summed E-state index contributed by atoms with van der Waals surface area (Å²) in [5.74, 6) is 0. The fraction of sp³-hybridized carbons (Fsp3) is 0.684. The molecule has 1 aromatic rings. The zero-order valence-corrected chi connectivity index (χ0v) is 14.7. The SMILES string of the molecule is CCCNC(c1ccccc1)C(C)(C)CN(CC)CCC. The van der Waals surface area contributed by atoms with Crippen molar-refractivity contribution in [1.29, 1.82) is 0 Å². The fourth-order valence-corrected chi connectivity index (χ4v) is 3.11. The third-order valence-corrected chi connectivity index (χ3v) is 4.13. The van der Waals surface area contributed by atoms with E-state index in [1.165, 1.54) is 24.9 Å². The van der Waals surface area contributed by atoms with Gasteiger partial charge in [0.15, 0.2) is 0 Å². The number of hydrogen-bond acceptors (Lipinski definition) is 2. The third kappa shape index (κ3) is 5.80. The fourth-order valence-electron chi connectivity index (χ4n) is 3.11. The number of hydrogen-bond donors (Lipinski definition) is 1. The molecule has 0 saturated heterocycles. The Labute approximate surface area is 131 Å². The molecule has 0 saturated carbocycles. The van der Waals surface area contributed by atoms with Crippen LogP contribution in [0.4, 0.5) is 0 Å². The minimum atomic E-state index is 0.210. The van der Waals surface area contributed by atoms with Crippen molar-refractivity contribution in [3.05, 3.63) is 35.9 Å². The maximum atomic E-state index is 3.77. The van der Waals surface area contributed by atoms with Crippen LogP contribution in [0.2, 0.25) is 0 Å². The van der Waals surface area contributed by atoms with Crippen LogP contribution >= 0.6 is 0 Å². The Morgan fingerprint density at radius 1 is 1.05 bits per heavy atom. The summed E-state index contributed by atoms with van der Waals surface area (Å²) >= 11 is 0. The van der Waals surface area contributed by atoms with Crippen LogP contribution in [0.15, 0.2) is 30.3 Å². The average Bonchev–Trinajstić information content (AvgIpc) is 2.48. The van der Waals surface area contributed by atoms with E-state index in [0.717, 1.165) is 19.6 Å². The van der Waals surface area contributed by atoms with Crippen LogP contribution in [0.5, 0.6) is 0 Å². The van der Waals surface area contributed by atoms with Crippen LogP contribution in [0.1, 0.15) is 59.1 Å². The first kappa shape index (κ1) is 18.2. The van der Waals surface area contributed by atoms with E-state index in [1.807, 2.05) is 0 Å². The van der Waals surface area contributed by atoms with E-state index in [0.29, 0.717) is 6.04 Å². The zero-order chi connectivity index (χ0) is 15.7. The van der Waals surface area contributed by atoms with Gasteiger partial charge in [-0.3, -0.25) is 0 Å². The van der Waals surface area contributed by atoms with Gasteiger partial charge in [0.05, 0.1) is 0 Å². The molecule has 2 nitrogen and oxygen atoms in total. The molecule has 1 unspecified atom stereocenters. The van der Waals surface area contributed by atoms with Crippen molar-refractivity contribution in [2.45, 2.75) is 53.5 Å². The standard InChI is InChI=1S/C19H34N2/c1-6-14-20-18(17-12-10-9-11-13-17)19(4,5)16-21(8-3)15-7-2/h9-13,18,20H,6-8,14-16H2,1-5H3. The minimum Gasteiger partial charge on any atom is -0.309 e. The number of rotatable bonds is 10. The van der Waals surface area contributed by atoms with Crippen LogP contribution in [-0.4, -0.2) is 31.1 Å². The van der Waals surface area contributed by atoms with E-state index in [4.69, 9.17) is 0 Å². The second-order valence-electron chi connectivity index (χ2n) is 6.66. The highest BCUT2D eigenvalue weighted by atomic mass is 15.1. The van der Waals surface area contributed by atoms with E-state index in [9.17, 15) is 0 Å². The van der Waals surface area contributed by atoms with E-state index >= 15 is 0 Å². The highest BCUT2D eigenvalue weighted by Gasteiger charge is 2.31. The molecule has 1 aromatic carbocycles. The molecule has 0 fully saturated rings. The molecular formula is C19H34N2. The Morgan fingerprint density at radius 3 is 2.24 bits per heavy atom. The van der Waals surface area contributed by atoms with Crippen molar-refractivity contribution in [1.82, 2.24) is 10.2 Å². The minimum absolute atomic E-state index is 0.210. The molecule has 1 N–H and O–H groups in total. The molecule has 1 rings (SSSR count). The molecule has 0 aromatic heterocycles. The molecular weight excluding hydrogens is 256 g/mol. The van der Waals surface area contributed by atoms with Crippen molar-refractivity contribution in [3.63, 3.8) is 0 Å². The van der Waals surface area contributed by atoms with Crippen molar-refractivity contribution >= 4 is 0 Å². The summed E-state index contributed by atoms with van der Waals surface area (Å²) in [4.78, 5) is 2.57. The Bertz CT molecular complexity index is 372. The molecule has 0 amide bonds. The lowest BCUT2D eigenvalue weighted by atomic mass is 9.79. The zero-order valence-electron chi connectivity index (χ0n) is 14.7. The van der Waals surface area contributed by atoms with Crippen LogP contribution < -0.4 is 5.32 Å². The van der Waals surface area contributed by atoms with Gasteiger partial charge in [0.1, 0.15) is 0 Å². The second kappa shape index (κ2) is 9.22. The second-order valence-corrected chi connectivity index (χ2v) is 6.66. The lowest BCUT2D eigenvalue weighted by Crippen LogP contribution is -2.43.